The van der Waals surface area contributed by atoms with Gasteiger partial charge < -0.3 is 10.2 Å². The molecule has 0 spiro atoms. The first-order valence-corrected chi connectivity index (χ1v) is 6.59. The number of rotatable bonds is 4. The van der Waals surface area contributed by atoms with Gasteiger partial charge >= 0.3 is 0 Å². The smallest absolute Gasteiger partial charge is 0.243 e. The summed E-state index contributed by atoms with van der Waals surface area (Å²) in [6.45, 7) is 4.07. The van der Waals surface area contributed by atoms with Crippen molar-refractivity contribution in [3.05, 3.63) is 0 Å². The number of nitrogens with one attached hydrogen (secondary N) is 1. The van der Waals surface area contributed by atoms with E-state index in [4.69, 9.17) is 0 Å². The van der Waals surface area contributed by atoms with Gasteiger partial charge in [-0.3, -0.25) is 9.59 Å². The van der Waals surface area contributed by atoms with Gasteiger partial charge in [-0.2, -0.15) is 11.8 Å². The fourth-order valence-corrected chi connectivity index (χ4v) is 2.57. The van der Waals surface area contributed by atoms with Crippen molar-refractivity contribution < 1.29 is 9.59 Å². The number of carbonyl (C=O) groups is 2. The van der Waals surface area contributed by atoms with Crippen LogP contribution in [0.3, 0.4) is 0 Å². The largest absolute Gasteiger partial charge is 0.345 e. The van der Waals surface area contributed by atoms with Gasteiger partial charge in [-0.25, -0.2) is 0 Å². The van der Waals surface area contributed by atoms with Gasteiger partial charge in [0, 0.05) is 11.8 Å². The van der Waals surface area contributed by atoms with Crippen LogP contribution in [0.2, 0.25) is 0 Å². The Morgan fingerprint density at radius 1 is 1.60 bits per heavy atom. The van der Waals surface area contributed by atoms with E-state index in [1.807, 2.05) is 20.1 Å². The molecule has 1 rings (SSSR count). The Morgan fingerprint density at radius 3 is 2.80 bits per heavy atom. The number of nitrogens with zero attached hydrogens (tertiary/aromatic N) is 1. The molecule has 0 bridgehead atoms. The zero-order valence-corrected chi connectivity index (χ0v) is 10.3. The number of hydrogen-bond donors (Lipinski definition) is 1. The van der Waals surface area contributed by atoms with Crippen LogP contribution < -0.4 is 5.32 Å². The molecule has 0 aromatic rings. The Morgan fingerprint density at radius 2 is 2.27 bits per heavy atom. The quantitative estimate of drug-likeness (QED) is 0.764. The van der Waals surface area contributed by atoms with Crippen LogP contribution in [-0.2, 0) is 9.59 Å². The maximum absolute atomic E-state index is 11.7. The molecule has 0 aromatic heterocycles. The minimum atomic E-state index is -0.284. The Bertz CT molecular complexity index is 258. The molecule has 1 aliphatic rings. The minimum Gasteiger partial charge on any atom is -0.345 e. The van der Waals surface area contributed by atoms with Gasteiger partial charge in [0.05, 0.1) is 6.54 Å². The van der Waals surface area contributed by atoms with Gasteiger partial charge in [0.2, 0.25) is 11.8 Å². The van der Waals surface area contributed by atoms with Gasteiger partial charge in [-0.1, -0.05) is 6.92 Å². The zero-order valence-electron chi connectivity index (χ0n) is 9.45. The molecule has 0 radical (unpaired) electrons. The third-order valence-corrected chi connectivity index (χ3v) is 3.43. The molecule has 2 atom stereocenters. The molecule has 1 heterocycles. The van der Waals surface area contributed by atoms with E-state index in [-0.39, 0.29) is 30.4 Å². The van der Waals surface area contributed by atoms with Crippen LogP contribution in [0.15, 0.2) is 0 Å². The molecule has 0 aromatic carbocycles. The summed E-state index contributed by atoms with van der Waals surface area (Å²) in [4.78, 5) is 25.0. The normalized spacial score (nSPS) is 23.9. The van der Waals surface area contributed by atoms with Crippen molar-refractivity contribution in [1.29, 1.82) is 0 Å². The predicted molar refractivity (Wildman–Crippen MR) is 61.8 cm³/mol. The average Bonchev–Trinajstić information content (AvgIpc) is 2.21. The molecule has 4 nitrogen and oxygen atoms in total. The number of thioether (sulfide) groups is 1. The van der Waals surface area contributed by atoms with E-state index in [0.717, 1.165) is 5.75 Å². The van der Waals surface area contributed by atoms with E-state index in [9.17, 15) is 9.59 Å². The molecule has 2 unspecified atom stereocenters. The van der Waals surface area contributed by atoms with Crippen molar-refractivity contribution in [2.75, 3.05) is 18.6 Å². The van der Waals surface area contributed by atoms with Crippen molar-refractivity contribution in [3.63, 3.8) is 0 Å². The minimum absolute atomic E-state index is 0.0231. The summed E-state index contributed by atoms with van der Waals surface area (Å²) in [6, 6.07) is -0.156. The van der Waals surface area contributed by atoms with Crippen molar-refractivity contribution in [3.8, 4) is 0 Å². The van der Waals surface area contributed by atoms with Crippen molar-refractivity contribution >= 4 is 23.6 Å². The monoisotopic (exact) mass is 230 g/mol. The van der Waals surface area contributed by atoms with E-state index < -0.39 is 0 Å². The van der Waals surface area contributed by atoms with Crippen LogP contribution in [0.5, 0.6) is 0 Å². The summed E-state index contributed by atoms with van der Waals surface area (Å²) in [5.74, 6) is 0.878. The van der Waals surface area contributed by atoms with Gasteiger partial charge in [0.15, 0.2) is 0 Å². The SMILES string of the molecule is CCC1C(=O)NCC(=O)N1C(C)CSC. The molecule has 0 saturated carbocycles. The van der Waals surface area contributed by atoms with Crippen LogP contribution in [0.1, 0.15) is 20.3 Å². The maximum Gasteiger partial charge on any atom is 0.243 e. The van der Waals surface area contributed by atoms with E-state index in [0.29, 0.717) is 6.42 Å². The lowest BCUT2D eigenvalue weighted by molar-refractivity contribution is -0.147. The highest BCUT2D eigenvalue weighted by Gasteiger charge is 2.35. The van der Waals surface area contributed by atoms with Gasteiger partial charge in [0.1, 0.15) is 6.04 Å². The highest BCUT2D eigenvalue weighted by Crippen LogP contribution is 2.15. The summed E-state index contributed by atoms with van der Waals surface area (Å²) in [6.07, 6.45) is 2.68. The van der Waals surface area contributed by atoms with Gasteiger partial charge in [0.25, 0.3) is 0 Å². The lowest BCUT2D eigenvalue weighted by atomic mass is 10.1. The predicted octanol–water partition coefficient (Wildman–Crippen LogP) is 0.475. The van der Waals surface area contributed by atoms with E-state index in [1.54, 1.807) is 16.7 Å². The Kier molecular flexibility index (Phi) is 4.45. The van der Waals surface area contributed by atoms with Gasteiger partial charge in [-0.15, -0.1) is 0 Å². The topological polar surface area (TPSA) is 49.4 Å². The van der Waals surface area contributed by atoms with Crippen molar-refractivity contribution in [2.24, 2.45) is 0 Å². The molecule has 1 aliphatic heterocycles. The standard InChI is InChI=1S/C10H18N2O2S/c1-4-8-10(14)11-5-9(13)12(8)7(2)6-15-3/h7-8H,4-6H2,1-3H3,(H,11,14). The Hall–Kier alpha value is -0.710. The Balaban J connectivity index is 2.78. The second-order valence-corrected chi connectivity index (χ2v) is 4.66. The summed E-state index contributed by atoms with van der Waals surface area (Å²) in [5.41, 5.74) is 0. The van der Waals surface area contributed by atoms with E-state index in [1.165, 1.54) is 0 Å². The molecule has 0 aliphatic carbocycles. The lowest BCUT2D eigenvalue weighted by Crippen LogP contribution is -2.61. The van der Waals surface area contributed by atoms with Crippen LogP contribution in [-0.4, -0.2) is 47.4 Å². The number of carbonyl (C=O) groups excluding carboxylic acids is 2. The average molecular weight is 230 g/mol. The number of hydrogen-bond acceptors (Lipinski definition) is 3. The Labute approximate surface area is 94.8 Å². The summed E-state index contributed by atoms with van der Waals surface area (Å²) in [7, 11) is 0. The van der Waals surface area contributed by atoms with Gasteiger partial charge in [-0.05, 0) is 19.6 Å². The molecular weight excluding hydrogens is 212 g/mol. The molecular formula is C10H18N2O2S. The summed E-state index contributed by atoms with van der Waals surface area (Å²) >= 11 is 1.69. The molecule has 1 saturated heterocycles. The maximum atomic E-state index is 11.7. The lowest BCUT2D eigenvalue weighted by Gasteiger charge is -2.38. The first-order chi connectivity index (χ1) is 7.11. The second-order valence-electron chi connectivity index (χ2n) is 3.75. The molecule has 1 N–H and O–H groups in total. The van der Waals surface area contributed by atoms with E-state index >= 15 is 0 Å². The molecule has 5 heteroatoms. The third-order valence-electron chi connectivity index (χ3n) is 2.61. The van der Waals surface area contributed by atoms with Crippen LogP contribution in [0.4, 0.5) is 0 Å². The fraction of sp³-hybridized carbons (Fsp3) is 0.800. The van der Waals surface area contributed by atoms with Crippen molar-refractivity contribution in [2.45, 2.75) is 32.4 Å². The second kappa shape index (κ2) is 5.39. The molecule has 2 amide bonds. The van der Waals surface area contributed by atoms with Crippen LogP contribution in [0, 0.1) is 0 Å². The molecule has 86 valence electrons. The molecule has 15 heavy (non-hydrogen) atoms. The summed E-state index contributed by atoms with van der Waals surface area (Å²) < 4.78 is 0. The van der Waals surface area contributed by atoms with Crippen molar-refractivity contribution in [1.82, 2.24) is 10.2 Å². The number of piperazine rings is 1. The third kappa shape index (κ3) is 2.65. The fourth-order valence-electron chi connectivity index (χ4n) is 1.93. The number of amides is 2. The first kappa shape index (κ1) is 12.4. The highest BCUT2D eigenvalue weighted by molar-refractivity contribution is 7.98. The first-order valence-electron chi connectivity index (χ1n) is 5.19. The van der Waals surface area contributed by atoms with Crippen LogP contribution in [0.25, 0.3) is 0 Å². The molecule has 1 fully saturated rings. The summed E-state index contributed by atoms with van der Waals surface area (Å²) in [5, 5.41) is 2.62. The zero-order chi connectivity index (χ0) is 11.4. The highest BCUT2D eigenvalue weighted by atomic mass is 32.2. The van der Waals surface area contributed by atoms with E-state index in [2.05, 4.69) is 5.32 Å². The van der Waals surface area contributed by atoms with Crippen LogP contribution >= 0.6 is 11.8 Å².